The lowest BCUT2D eigenvalue weighted by Gasteiger charge is -2.11. The number of anilines is 1. The Balaban J connectivity index is 2.54. The maximum absolute atomic E-state index is 5.38. The monoisotopic (exact) mass is 273 g/mol. The number of hydrogen-bond acceptors (Lipinski definition) is 5. The highest BCUT2D eigenvalue weighted by Gasteiger charge is 2.12. The Morgan fingerprint density at radius 3 is 2.55 bits per heavy atom. The molecule has 0 aliphatic carbocycles. The third-order valence-corrected chi connectivity index (χ3v) is 2.86. The average Bonchev–Trinajstić information content (AvgIpc) is 2.46. The molecule has 0 unspecified atom stereocenters. The Kier molecular flexibility index (Phi) is 4.40. The molecule has 0 aliphatic heterocycles. The van der Waals surface area contributed by atoms with E-state index in [1.807, 2.05) is 38.1 Å². The molecule has 0 amide bonds. The van der Waals surface area contributed by atoms with Gasteiger partial charge in [0.05, 0.1) is 19.8 Å². The minimum Gasteiger partial charge on any atom is -0.497 e. The number of nitrogens with zero attached hydrogens (tertiary/aromatic N) is 2. The van der Waals surface area contributed by atoms with Gasteiger partial charge in [0.25, 0.3) is 0 Å². The molecule has 1 N–H and O–H groups in total. The van der Waals surface area contributed by atoms with Crippen molar-refractivity contribution < 1.29 is 9.47 Å². The van der Waals surface area contributed by atoms with Crippen molar-refractivity contribution in [1.29, 1.82) is 0 Å². The number of benzene rings is 1. The Hall–Kier alpha value is -2.30. The molecule has 5 heteroatoms. The Morgan fingerprint density at radius 2 is 1.90 bits per heavy atom. The second-order valence-corrected chi connectivity index (χ2v) is 4.31. The smallest absolute Gasteiger partial charge is 0.165 e. The van der Waals surface area contributed by atoms with Crippen LogP contribution in [0.3, 0.4) is 0 Å². The highest BCUT2D eigenvalue weighted by Crippen LogP contribution is 2.31. The van der Waals surface area contributed by atoms with E-state index >= 15 is 0 Å². The maximum Gasteiger partial charge on any atom is 0.165 e. The molecule has 1 aromatic carbocycles. The summed E-state index contributed by atoms with van der Waals surface area (Å²) in [4.78, 5) is 9.00. The fourth-order valence-electron chi connectivity index (χ4n) is 1.95. The lowest BCUT2D eigenvalue weighted by molar-refractivity contribution is 0.404. The van der Waals surface area contributed by atoms with E-state index in [-0.39, 0.29) is 0 Å². The van der Waals surface area contributed by atoms with E-state index < -0.39 is 0 Å². The Bertz CT molecular complexity index is 600. The van der Waals surface area contributed by atoms with Crippen molar-refractivity contribution >= 4 is 5.82 Å². The third-order valence-electron chi connectivity index (χ3n) is 2.86. The topological polar surface area (TPSA) is 56.3 Å². The highest BCUT2D eigenvalue weighted by atomic mass is 16.5. The second kappa shape index (κ2) is 6.23. The van der Waals surface area contributed by atoms with Crippen LogP contribution in [0.1, 0.15) is 12.6 Å². The van der Waals surface area contributed by atoms with Gasteiger partial charge in [-0.15, -0.1) is 0 Å². The van der Waals surface area contributed by atoms with Crippen LogP contribution in [0, 0.1) is 6.92 Å². The van der Waals surface area contributed by atoms with Gasteiger partial charge in [-0.05, 0) is 32.0 Å². The van der Waals surface area contributed by atoms with Gasteiger partial charge in [0.2, 0.25) is 0 Å². The summed E-state index contributed by atoms with van der Waals surface area (Å²) in [5, 5.41) is 3.20. The van der Waals surface area contributed by atoms with E-state index in [9.17, 15) is 0 Å². The van der Waals surface area contributed by atoms with Crippen molar-refractivity contribution in [3.8, 4) is 22.9 Å². The van der Waals surface area contributed by atoms with E-state index in [0.29, 0.717) is 5.82 Å². The number of ether oxygens (including phenoxy) is 2. The van der Waals surface area contributed by atoms with Gasteiger partial charge in [-0.1, -0.05) is 0 Å². The lowest BCUT2D eigenvalue weighted by Crippen LogP contribution is -2.03. The van der Waals surface area contributed by atoms with Gasteiger partial charge in [0.1, 0.15) is 17.3 Å². The quantitative estimate of drug-likeness (QED) is 0.907. The zero-order valence-electron chi connectivity index (χ0n) is 12.2. The molecular formula is C15H19N3O2. The molecular weight excluding hydrogens is 254 g/mol. The Morgan fingerprint density at radius 1 is 1.10 bits per heavy atom. The van der Waals surface area contributed by atoms with Crippen LogP contribution in [0.15, 0.2) is 24.3 Å². The van der Waals surface area contributed by atoms with Crippen molar-refractivity contribution in [2.75, 3.05) is 26.1 Å². The predicted octanol–water partition coefficient (Wildman–Crippen LogP) is 2.90. The maximum atomic E-state index is 5.38. The van der Waals surface area contributed by atoms with Crippen LogP contribution in [-0.4, -0.2) is 30.7 Å². The van der Waals surface area contributed by atoms with Gasteiger partial charge in [0, 0.05) is 18.3 Å². The standard InChI is InChI=1S/C15H19N3O2/c1-5-16-14-8-10(2)17-15(18-14)12-9-11(19-3)6-7-13(12)20-4/h6-9H,5H2,1-4H3,(H,16,17,18). The minimum absolute atomic E-state index is 0.622. The predicted molar refractivity (Wildman–Crippen MR) is 79.5 cm³/mol. The molecule has 1 heterocycles. The van der Waals surface area contributed by atoms with Gasteiger partial charge >= 0.3 is 0 Å². The Labute approximate surface area is 119 Å². The van der Waals surface area contributed by atoms with Gasteiger partial charge in [-0.2, -0.15) is 0 Å². The van der Waals surface area contributed by atoms with Crippen molar-refractivity contribution in [2.24, 2.45) is 0 Å². The van der Waals surface area contributed by atoms with Crippen molar-refractivity contribution in [1.82, 2.24) is 9.97 Å². The molecule has 0 spiro atoms. The normalized spacial score (nSPS) is 10.2. The van der Waals surface area contributed by atoms with Crippen LogP contribution in [0.25, 0.3) is 11.4 Å². The molecule has 0 aliphatic rings. The number of rotatable bonds is 5. The van der Waals surface area contributed by atoms with E-state index in [1.54, 1.807) is 14.2 Å². The van der Waals surface area contributed by atoms with Crippen LogP contribution >= 0.6 is 0 Å². The summed E-state index contributed by atoms with van der Waals surface area (Å²) in [6.07, 6.45) is 0. The summed E-state index contributed by atoms with van der Waals surface area (Å²) in [5.41, 5.74) is 1.71. The number of aryl methyl sites for hydroxylation is 1. The zero-order valence-corrected chi connectivity index (χ0v) is 12.2. The average molecular weight is 273 g/mol. The van der Waals surface area contributed by atoms with Crippen LogP contribution in [0.5, 0.6) is 11.5 Å². The van der Waals surface area contributed by atoms with Gasteiger partial charge in [-0.25, -0.2) is 9.97 Å². The van der Waals surface area contributed by atoms with Gasteiger partial charge < -0.3 is 14.8 Å². The highest BCUT2D eigenvalue weighted by molar-refractivity contribution is 5.67. The van der Waals surface area contributed by atoms with Gasteiger partial charge in [-0.3, -0.25) is 0 Å². The fraction of sp³-hybridized carbons (Fsp3) is 0.333. The van der Waals surface area contributed by atoms with E-state index in [2.05, 4.69) is 15.3 Å². The van der Waals surface area contributed by atoms with E-state index in [4.69, 9.17) is 9.47 Å². The number of nitrogens with one attached hydrogen (secondary N) is 1. The van der Waals surface area contributed by atoms with Crippen molar-refractivity contribution in [3.05, 3.63) is 30.0 Å². The molecule has 0 radical (unpaired) electrons. The molecule has 0 fully saturated rings. The second-order valence-electron chi connectivity index (χ2n) is 4.31. The third kappa shape index (κ3) is 2.99. The SMILES string of the molecule is CCNc1cc(C)nc(-c2cc(OC)ccc2OC)n1. The first-order chi connectivity index (χ1) is 9.67. The molecule has 0 bridgehead atoms. The first-order valence-electron chi connectivity index (χ1n) is 6.50. The van der Waals surface area contributed by atoms with Crippen LogP contribution < -0.4 is 14.8 Å². The molecule has 20 heavy (non-hydrogen) atoms. The summed E-state index contributed by atoms with van der Waals surface area (Å²) < 4.78 is 10.6. The fourth-order valence-corrected chi connectivity index (χ4v) is 1.95. The van der Waals surface area contributed by atoms with Crippen molar-refractivity contribution in [2.45, 2.75) is 13.8 Å². The molecule has 1 aromatic heterocycles. The van der Waals surface area contributed by atoms with Gasteiger partial charge in [0.15, 0.2) is 5.82 Å². The largest absolute Gasteiger partial charge is 0.497 e. The molecule has 0 saturated carbocycles. The first kappa shape index (κ1) is 14.1. The lowest BCUT2D eigenvalue weighted by atomic mass is 10.1. The molecule has 2 rings (SSSR count). The van der Waals surface area contributed by atoms with E-state index in [1.165, 1.54) is 0 Å². The molecule has 0 saturated heterocycles. The molecule has 2 aromatic rings. The number of hydrogen-bond donors (Lipinski definition) is 1. The molecule has 0 atom stereocenters. The van der Waals surface area contributed by atoms with E-state index in [0.717, 1.165) is 35.1 Å². The zero-order chi connectivity index (χ0) is 14.5. The molecule has 5 nitrogen and oxygen atoms in total. The minimum atomic E-state index is 0.622. The molecule has 106 valence electrons. The first-order valence-corrected chi connectivity index (χ1v) is 6.50. The summed E-state index contributed by atoms with van der Waals surface area (Å²) in [6, 6.07) is 7.50. The van der Waals surface area contributed by atoms with Crippen molar-refractivity contribution in [3.63, 3.8) is 0 Å². The van der Waals surface area contributed by atoms with Crippen LogP contribution in [0.2, 0.25) is 0 Å². The van der Waals surface area contributed by atoms with Crippen LogP contribution in [0.4, 0.5) is 5.82 Å². The number of aromatic nitrogens is 2. The van der Waals surface area contributed by atoms with Crippen LogP contribution in [-0.2, 0) is 0 Å². The number of methoxy groups -OCH3 is 2. The summed E-state index contributed by atoms with van der Waals surface area (Å²) in [7, 11) is 3.26. The summed E-state index contributed by atoms with van der Waals surface area (Å²) in [6.45, 7) is 4.78. The summed E-state index contributed by atoms with van der Waals surface area (Å²) in [5.74, 6) is 2.89. The summed E-state index contributed by atoms with van der Waals surface area (Å²) >= 11 is 0.